The molecule has 0 aliphatic heterocycles. The van der Waals surface area contributed by atoms with Crippen LogP contribution in [0.25, 0.3) is 0 Å². The molecule has 0 amide bonds. The summed E-state index contributed by atoms with van der Waals surface area (Å²) in [6.45, 7) is 3.41. The number of pyridine rings is 1. The highest BCUT2D eigenvalue weighted by Crippen LogP contribution is 2.29. The Hall–Kier alpha value is -0.890. The zero-order chi connectivity index (χ0) is 13.3. The summed E-state index contributed by atoms with van der Waals surface area (Å²) in [4.78, 5) is 4.09. The number of nitrogens with zero attached hydrogens (tertiary/aromatic N) is 1. The maximum Gasteiger partial charge on any atom is 0.0270 e. The van der Waals surface area contributed by atoms with E-state index in [4.69, 9.17) is 0 Å². The van der Waals surface area contributed by atoms with Gasteiger partial charge >= 0.3 is 0 Å². The third-order valence-corrected chi connectivity index (χ3v) is 4.31. The van der Waals surface area contributed by atoms with Gasteiger partial charge in [0.25, 0.3) is 0 Å². The van der Waals surface area contributed by atoms with Crippen LogP contribution in [0.15, 0.2) is 24.5 Å². The first kappa shape index (κ1) is 14.5. The lowest BCUT2D eigenvalue weighted by atomic mass is 9.94. The van der Waals surface area contributed by atoms with Crippen molar-refractivity contribution in [1.82, 2.24) is 10.3 Å². The van der Waals surface area contributed by atoms with E-state index < -0.39 is 0 Å². The largest absolute Gasteiger partial charge is 0.314 e. The lowest BCUT2D eigenvalue weighted by molar-refractivity contribution is 0.371. The second-order valence-corrected chi connectivity index (χ2v) is 5.93. The van der Waals surface area contributed by atoms with Crippen LogP contribution in [0, 0.1) is 5.92 Å². The Morgan fingerprint density at radius 1 is 1.26 bits per heavy atom. The molecule has 1 heterocycles. The lowest BCUT2D eigenvalue weighted by Gasteiger charge is -2.22. The number of hydrogen-bond acceptors (Lipinski definition) is 2. The highest BCUT2D eigenvalue weighted by atomic mass is 14.9. The van der Waals surface area contributed by atoms with E-state index in [9.17, 15) is 0 Å². The fraction of sp³-hybridized carbons (Fsp3) is 0.706. The van der Waals surface area contributed by atoms with E-state index in [-0.39, 0.29) is 0 Å². The summed E-state index contributed by atoms with van der Waals surface area (Å²) in [7, 11) is 0. The van der Waals surface area contributed by atoms with Gasteiger partial charge in [-0.25, -0.2) is 0 Å². The standard InChI is InChI=1S/C17H28N2/c1-2-11-19-17(14-16-5-3-4-6-16)8-7-15-9-12-18-13-10-15/h9-10,12-13,16-17,19H,2-8,11,14H2,1H3. The third kappa shape index (κ3) is 5.32. The number of aryl methyl sites for hydroxylation is 1. The quantitative estimate of drug-likeness (QED) is 0.765. The summed E-state index contributed by atoms with van der Waals surface area (Å²) < 4.78 is 0. The van der Waals surface area contributed by atoms with Crippen LogP contribution in [0.3, 0.4) is 0 Å². The first-order valence-corrected chi connectivity index (χ1v) is 8.00. The van der Waals surface area contributed by atoms with Crippen molar-refractivity contribution in [3.05, 3.63) is 30.1 Å². The van der Waals surface area contributed by atoms with Crippen molar-refractivity contribution in [2.24, 2.45) is 5.92 Å². The predicted octanol–water partition coefficient (Wildman–Crippen LogP) is 3.96. The fourth-order valence-electron chi connectivity index (χ4n) is 3.19. The molecule has 1 aliphatic rings. The minimum absolute atomic E-state index is 0.705. The molecule has 1 atom stereocenters. The first-order valence-electron chi connectivity index (χ1n) is 8.00. The summed E-state index contributed by atoms with van der Waals surface area (Å²) in [5.41, 5.74) is 1.42. The summed E-state index contributed by atoms with van der Waals surface area (Å²) in [5.74, 6) is 0.979. The van der Waals surface area contributed by atoms with Gasteiger partial charge in [0.05, 0.1) is 0 Å². The maximum absolute atomic E-state index is 4.09. The maximum atomic E-state index is 4.09. The molecule has 1 N–H and O–H groups in total. The van der Waals surface area contributed by atoms with E-state index in [2.05, 4.69) is 29.4 Å². The monoisotopic (exact) mass is 260 g/mol. The SMILES string of the molecule is CCCNC(CCc1ccncc1)CC1CCCC1. The highest BCUT2D eigenvalue weighted by molar-refractivity contribution is 5.09. The molecule has 1 unspecified atom stereocenters. The molecule has 0 bridgehead atoms. The van der Waals surface area contributed by atoms with Crippen LogP contribution in [0.4, 0.5) is 0 Å². The number of rotatable bonds is 8. The van der Waals surface area contributed by atoms with Crippen molar-refractivity contribution in [2.45, 2.75) is 64.3 Å². The van der Waals surface area contributed by atoms with E-state index in [1.807, 2.05) is 12.4 Å². The van der Waals surface area contributed by atoms with Crippen LogP contribution < -0.4 is 5.32 Å². The molecule has 0 spiro atoms. The van der Waals surface area contributed by atoms with Crippen molar-refractivity contribution in [1.29, 1.82) is 0 Å². The molecule has 2 rings (SSSR count). The topological polar surface area (TPSA) is 24.9 Å². The highest BCUT2D eigenvalue weighted by Gasteiger charge is 2.19. The average Bonchev–Trinajstić information content (AvgIpc) is 2.96. The molecule has 2 nitrogen and oxygen atoms in total. The fourth-order valence-corrected chi connectivity index (χ4v) is 3.19. The van der Waals surface area contributed by atoms with Gasteiger partial charge in [-0.05, 0) is 55.8 Å². The molecule has 1 aromatic heterocycles. The van der Waals surface area contributed by atoms with Crippen LogP contribution in [-0.4, -0.2) is 17.6 Å². The Morgan fingerprint density at radius 3 is 2.68 bits per heavy atom. The minimum Gasteiger partial charge on any atom is -0.314 e. The molecule has 0 radical (unpaired) electrons. The second-order valence-electron chi connectivity index (χ2n) is 5.93. The molecule has 1 aliphatic carbocycles. The van der Waals surface area contributed by atoms with E-state index in [1.165, 1.54) is 56.9 Å². The van der Waals surface area contributed by atoms with Gasteiger partial charge in [0.1, 0.15) is 0 Å². The molecule has 0 saturated heterocycles. The van der Waals surface area contributed by atoms with Gasteiger partial charge in [-0.15, -0.1) is 0 Å². The summed E-state index contributed by atoms with van der Waals surface area (Å²) in [5, 5.41) is 3.75. The average molecular weight is 260 g/mol. The van der Waals surface area contributed by atoms with Crippen molar-refractivity contribution >= 4 is 0 Å². The Labute approximate surface area is 118 Å². The number of hydrogen-bond donors (Lipinski definition) is 1. The normalized spacial score (nSPS) is 17.7. The van der Waals surface area contributed by atoms with Crippen molar-refractivity contribution in [3.63, 3.8) is 0 Å². The molecular formula is C17H28N2. The molecular weight excluding hydrogens is 232 g/mol. The van der Waals surface area contributed by atoms with E-state index in [0.29, 0.717) is 6.04 Å². The zero-order valence-electron chi connectivity index (χ0n) is 12.3. The van der Waals surface area contributed by atoms with Gasteiger partial charge in [-0.1, -0.05) is 32.6 Å². The first-order chi connectivity index (χ1) is 9.38. The van der Waals surface area contributed by atoms with Crippen LogP contribution in [-0.2, 0) is 6.42 Å². The van der Waals surface area contributed by atoms with Gasteiger partial charge in [0.15, 0.2) is 0 Å². The van der Waals surface area contributed by atoms with Gasteiger partial charge < -0.3 is 5.32 Å². The Morgan fingerprint density at radius 2 is 2.00 bits per heavy atom. The summed E-state index contributed by atoms with van der Waals surface area (Å²) in [6.07, 6.45) is 14.7. The Kier molecular flexibility index (Phi) is 6.35. The van der Waals surface area contributed by atoms with E-state index in [0.717, 1.165) is 12.5 Å². The molecule has 19 heavy (non-hydrogen) atoms. The van der Waals surface area contributed by atoms with Crippen molar-refractivity contribution in [2.75, 3.05) is 6.54 Å². The van der Waals surface area contributed by atoms with Gasteiger partial charge in [0.2, 0.25) is 0 Å². The Balaban J connectivity index is 1.78. The summed E-state index contributed by atoms with van der Waals surface area (Å²) >= 11 is 0. The molecule has 1 fully saturated rings. The van der Waals surface area contributed by atoms with Crippen molar-refractivity contribution < 1.29 is 0 Å². The molecule has 106 valence electrons. The van der Waals surface area contributed by atoms with Gasteiger partial charge in [0, 0.05) is 18.4 Å². The van der Waals surface area contributed by atoms with E-state index in [1.54, 1.807) is 0 Å². The number of nitrogens with one attached hydrogen (secondary N) is 1. The third-order valence-electron chi connectivity index (χ3n) is 4.31. The zero-order valence-corrected chi connectivity index (χ0v) is 12.3. The number of aromatic nitrogens is 1. The van der Waals surface area contributed by atoms with Gasteiger partial charge in [-0.2, -0.15) is 0 Å². The molecule has 2 heteroatoms. The van der Waals surface area contributed by atoms with Crippen LogP contribution in [0.1, 0.15) is 57.4 Å². The minimum atomic E-state index is 0.705. The smallest absolute Gasteiger partial charge is 0.0270 e. The van der Waals surface area contributed by atoms with Crippen LogP contribution in [0.2, 0.25) is 0 Å². The molecule has 1 aromatic rings. The lowest BCUT2D eigenvalue weighted by Crippen LogP contribution is -2.32. The molecule has 1 saturated carbocycles. The second kappa shape index (κ2) is 8.31. The summed E-state index contributed by atoms with van der Waals surface area (Å²) in [6, 6.07) is 5.00. The van der Waals surface area contributed by atoms with E-state index >= 15 is 0 Å². The van der Waals surface area contributed by atoms with Crippen molar-refractivity contribution in [3.8, 4) is 0 Å². The van der Waals surface area contributed by atoms with Crippen LogP contribution in [0.5, 0.6) is 0 Å². The Bertz CT molecular complexity index is 330. The molecule has 0 aromatic carbocycles. The predicted molar refractivity (Wildman–Crippen MR) is 81.2 cm³/mol. The van der Waals surface area contributed by atoms with Crippen LogP contribution >= 0.6 is 0 Å². The van der Waals surface area contributed by atoms with Gasteiger partial charge in [-0.3, -0.25) is 4.98 Å².